The molecule has 2 aromatic rings. The van der Waals surface area contributed by atoms with Gasteiger partial charge < -0.3 is 4.90 Å². The number of carbonyl (C=O) groups is 1. The zero-order valence-electron chi connectivity index (χ0n) is 16.9. The monoisotopic (exact) mass is 435 g/mol. The highest BCUT2D eigenvalue weighted by Crippen LogP contribution is 2.31. The molecule has 28 heavy (non-hydrogen) atoms. The lowest BCUT2D eigenvalue weighted by molar-refractivity contribution is -0.132. The quantitative estimate of drug-likeness (QED) is 0.488. The van der Waals surface area contributed by atoms with Gasteiger partial charge in [0.05, 0.1) is 5.75 Å². The van der Waals surface area contributed by atoms with Crippen molar-refractivity contribution in [2.24, 2.45) is 0 Å². The van der Waals surface area contributed by atoms with Crippen molar-refractivity contribution in [2.75, 3.05) is 12.3 Å². The van der Waals surface area contributed by atoms with Gasteiger partial charge in [-0.05, 0) is 42.7 Å². The van der Waals surface area contributed by atoms with Crippen LogP contribution in [-0.2, 0) is 10.5 Å². The third-order valence-electron chi connectivity index (χ3n) is 5.13. The summed E-state index contributed by atoms with van der Waals surface area (Å²) in [5, 5.41) is 8.55. The molecule has 1 aromatic carbocycles. The van der Waals surface area contributed by atoms with E-state index in [1.807, 2.05) is 0 Å². The lowest BCUT2D eigenvalue weighted by Gasteiger charge is -2.35. The number of benzene rings is 1. The third-order valence-corrected chi connectivity index (χ3v) is 8.38. The van der Waals surface area contributed by atoms with Gasteiger partial charge in [-0.2, -0.15) is 0 Å². The number of hydrogen-bond acceptors (Lipinski definition) is 6. The van der Waals surface area contributed by atoms with Crippen LogP contribution < -0.4 is 0 Å². The molecule has 152 valence electrons. The van der Waals surface area contributed by atoms with Crippen LogP contribution in [0.1, 0.15) is 63.5 Å². The minimum absolute atomic E-state index is 0.242. The van der Waals surface area contributed by atoms with E-state index in [1.54, 1.807) is 23.1 Å². The average Bonchev–Trinajstić information content (AvgIpc) is 3.18. The van der Waals surface area contributed by atoms with Crippen molar-refractivity contribution in [2.45, 2.75) is 72.8 Å². The molecule has 7 heteroatoms. The van der Waals surface area contributed by atoms with Gasteiger partial charge in [-0.15, -0.1) is 10.2 Å². The number of hydrogen-bond donors (Lipinski definition) is 0. The third kappa shape index (κ3) is 5.97. The number of aromatic nitrogens is 2. The summed E-state index contributed by atoms with van der Waals surface area (Å²) in [6, 6.07) is 9.22. The Labute approximate surface area is 180 Å². The zero-order valence-corrected chi connectivity index (χ0v) is 19.3. The largest absolute Gasteiger partial charge is 0.339 e. The number of thioether (sulfide) groups is 2. The van der Waals surface area contributed by atoms with Gasteiger partial charge in [0.2, 0.25) is 5.91 Å². The molecular formula is C21H29N3OS3. The maximum atomic E-state index is 12.6. The van der Waals surface area contributed by atoms with E-state index in [2.05, 4.69) is 60.1 Å². The second-order valence-electron chi connectivity index (χ2n) is 7.45. The van der Waals surface area contributed by atoms with Crippen LogP contribution in [0.2, 0.25) is 0 Å². The molecule has 0 N–H and O–H groups in total. The van der Waals surface area contributed by atoms with Crippen molar-refractivity contribution < 1.29 is 4.79 Å². The van der Waals surface area contributed by atoms with Gasteiger partial charge >= 0.3 is 0 Å². The van der Waals surface area contributed by atoms with E-state index in [4.69, 9.17) is 0 Å². The lowest BCUT2D eigenvalue weighted by Crippen LogP contribution is -2.44. The molecule has 1 unspecified atom stereocenters. The second-order valence-corrected chi connectivity index (χ2v) is 10.9. The lowest BCUT2D eigenvalue weighted by atomic mass is 10.0. The minimum atomic E-state index is 0.242. The summed E-state index contributed by atoms with van der Waals surface area (Å²) in [5.74, 6) is 2.16. The van der Waals surface area contributed by atoms with Crippen LogP contribution in [0.3, 0.4) is 0 Å². The summed E-state index contributed by atoms with van der Waals surface area (Å²) in [7, 11) is 0. The molecule has 1 atom stereocenters. The van der Waals surface area contributed by atoms with Crippen molar-refractivity contribution in [1.29, 1.82) is 0 Å². The van der Waals surface area contributed by atoms with E-state index in [0.717, 1.165) is 40.2 Å². The van der Waals surface area contributed by atoms with E-state index in [-0.39, 0.29) is 5.91 Å². The van der Waals surface area contributed by atoms with Crippen LogP contribution in [0, 0.1) is 0 Å². The first-order valence-electron chi connectivity index (χ1n) is 10.0. The van der Waals surface area contributed by atoms with Gasteiger partial charge in [0, 0.05) is 18.3 Å². The highest BCUT2D eigenvalue weighted by Gasteiger charge is 2.25. The molecule has 0 spiro atoms. The topological polar surface area (TPSA) is 46.1 Å². The number of amides is 1. The summed E-state index contributed by atoms with van der Waals surface area (Å²) >= 11 is 4.82. The van der Waals surface area contributed by atoms with Crippen molar-refractivity contribution in [3.05, 3.63) is 35.4 Å². The van der Waals surface area contributed by atoms with E-state index in [1.165, 1.54) is 29.3 Å². The van der Waals surface area contributed by atoms with Crippen LogP contribution in [0.5, 0.6) is 0 Å². The van der Waals surface area contributed by atoms with Crippen LogP contribution in [0.25, 0.3) is 0 Å². The van der Waals surface area contributed by atoms with Crippen LogP contribution >= 0.6 is 34.9 Å². The minimum Gasteiger partial charge on any atom is -0.339 e. The highest BCUT2D eigenvalue weighted by atomic mass is 32.2. The average molecular weight is 436 g/mol. The molecule has 0 radical (unpaired) electrons. The van der Waals surface area contributed by atoms with Crippen molar-refractivity contribution in [1.82, 2.24) is 15.1 Å². The fourth-order valence-electron chi connectivity index (χ4n) is 3.42. The molecule has 1 fully saturated rings. The van der Waals surface area contributed by atoms with E-state index >= 15 is 0 Å². The van der Waals surface area contributed by atoms with E-state index in [0.29, 0.717) is 17.7 Å². The van der Waals surface area contributed by atoms with Gasteiger partial charge in [0.1, 0.15) is 0 Å². The highest BCUT2D eigenvalue weighted by molar-refractivity contribution is 8.03. The first kappa shape index (κ1) is 21.7. The van der Waals surface area contributed by atoms with Gasteiger partial charge in [-0.25, -0.2) is 0 Å². The zero-order chi connectivity index (χ0) is 19.9. The van der Waals surface area contributed by atoms with E-state index in [9.17, 15) is 4.79 Å². The molecule has 3 rings (SSSR count). The van der Waals surface area contributed by atoms with E-state index < -0.39 is 0 Å². The van der Waals surface area contributed by atoms with Crippen LogP contribution in [0.15, 0.2) is 32.9 Å². The Hall–Kier alpha value is -1.05. The molecule has 4 nitrogen and oxygen atoms in total. The SMILES string of the molecule is CCC1CCCCN1C(=O)CSc1nnc(SCc2ccc(C(C)C)cc2)s1. The molecule has 1 amide bonds. The van der Waals surface area contributed by atoms with Gasteiger partial charge in [0.15, 0.2) is 8.68 Å². The predicted octanol–water partition coefficient (Wildman–Crippen LogP) is 5.84. The van der Waals surface area contributed by atoms with Gasteiger partial charge in [0.25, 0.3) is 0 Å². The number of carbonyl (C=O) groups excluding carboxylic acids is 1. The summed E-state index contributed by atoms with van der Waals surface area (Å²) < 4.78 is 1.85. The second kappa shape index (κ2) is 10.6. The van der Waals surface area contributed by atoms with Crippen LogP contribution in [-0.4, -0.2) is 39.3 Å². The fourth-order valence-corrected chi connectivity index (χ4v) is 6.28. The predicted molar refractivity (Wildman–Crippen MR) is 120 cm³/mol. The Bertz CT molecular complexity index is 761. The normalized spacial score (nSPS) is 17.3. The first-order chi connectivity index (χ1) is 13.6. The standard InChI is InChI=1S/C21H29N3OS3/c1-4-18-7-5-6-12-24(18)19(25)14-27-21-23-22-20(28-21)26-13-16-8-10-17(11-9-16)15(2)3/h8-11,15,18H,4-7,12-14H2,1-3H3. The summed E-state index contributed by atoms with van der Waals surface area (Å²) in [4.78, 5) is 14.7. The van der Waals surface area contributed by atoms with Gasteiger partial charge in [-0.3, -0.25) is 4.79 Å². The molecule has 0 bridgehead atoms. The van der Waals surface area contributed by atoms with Crippen LogP contribution in [0.4, 0.5) is 0 Å². The van der Waals surface area contributed by atoms with Crippen molar-refractivity contribution in [3.8, 4) is 0 Å². The summed E-state index contributed by atoms with van der Waals surface area (Å²) in [6.07, 6.45) is 4.57. The maximum Gasteiger partial charge on any atom is 0.233 e. The molecule has 1 saturated heterocycles. The number of piperidine rings is 1. The Kier molecular flexibility index (Phi) is 8.23. The molecule has 1 aliphatic heterocycles. The Balaban J connectivity index is 1.46. The molecule has 1 aromatic heterocycles. The van der Waals surface area contributed by atoms with Crippen molar-refractivity contribution in [3.63, 3.8) is 0 Å². The number of rotatable bonds is 8. The Morgan fingerprint density at radius 2 is 1.89 bits per heavy atom. The molecule has 0 aliphatic carbocycles. The molecule has 0 saturated carbocycles. The fraction of sp³-hybridized carbons (Fsp3) is 0.571. The molecule has 2 heterocycles. The Morgan fingerprint density at radius 1 is 1.18 bits per heavy atom. The summed E-state index contributed by atoms with van der Waals surface area (Å²) in [6.45, 7) is 7.50. The smallest absolute Gasteiger partial charge is 0.233 e. The Morgan fingerprint density at radius 3 is 2.57 bits per heavy atom. The maximum absolute atomic E-state index is 12.6. The number of nitrogens with zero attached hydrogens (tertiary/aromatic N) is 3. The molecule has 1 aliphatic rings. The first-order valence-corrected chi connectivity index (χ1v) is 12.8. The molecular weight excluding hydrogens is 406 g/mol. The van der Waals surface area contributed by atoms with Gasteiger partial charge in [-0.1, -0.05) is 79.9 Å². The summed E-state index contributed by atoms with van der Waals surface area (Å²) in [5.41, 5.74) is 2.66. The van der Waals surface area contributed by atoms with Crippen molar-refractivity contribution >= 4 is 40.8 Å². The number of likely N-dealkylation sites (tertiary alicyclic amines) is 1.